The number of fused-ring (bicyclic) bond motifs is 1. The van der Waals surface area contributed by atoms with Crippen LogP contribution in [-0.4, -0.2) is 66.2 Å². The van der Waals surface area contributed by atoms with Gasteiger partial charge < -0.3 is 23.9 Å². The minimum absolute atomic E-state index is 0.0883. The Morgan fingerprint density at radius 1 is 1.06 bits per heavy atom. The average Bonchev–Trinajstić information content (AvgIpc) is 3.40. The zero-order valence-corrected chi connectivity index (χ0v) is 26.8. The predicted molar refractivity (Wildman–Crippen MR) is 172 cm³/mol. The SMILES string of the molecule is [C-]#[N+]c1ccc2c(C(O)(CN3CCC(Oc4ccc(CC(=O)OCC)cc4OC)CC3)C(F)(F)F)cn(Cc3cccc(Cl)c3)c2c1. The van der Waals surface area contributed by atoms with Crippen LogP contribution in [-0.2, 0) is 28.1 Å². The molecule has 1 aliphatic rings. The molecular weight excluding hydrogens is 635 g/mol. The van der Waals surface area contributed by atoms with Crippen LogP contribution in [0.3, 0.4) is 0 Å². The van der Waals surface area contributed by atoms with Crippen LogP contribution in [0.1, 0.15) is 36.5 Å². The van der Waals surface area contributed by atoms with E-state index >= 15 is 0 Å². The van der Waals surface area contributed by atoms with E-state index in [2.05, 4.69) is 4.85 Å². The smallest absolute Gasteiger partial charge is 0.422 e. The van der Waals surface area contributed by atoms with Crippen LogP contribution in [0.15, 0.2) is 66.9 Å². The summed E-state index contributed by atoms with van der Waals surface area (Å²) in [5.74, 6) is 0.557. The fourth-order valence-corrected chi connectivity index (χ4v) is 6.17. The molecule has 4 aromatic rings. The second-order valence-corrected chi connectivity index (χ2v) is 12.0. The van der Waals surface area contributed by atoms with Gasteiger partial charge in [-0.15, -0.1) is 0 Å². The molecule has 1 fully saturated rings. The van der Waals surface area contributed by atoms with Crippen molar-refractivity contribution in [3.05, 3.63) is 100.0 Å². The molecule has 0 saturated carbocycles. The second-order valence-electron chi connectivity index (χ2n) is 11.5. The third kappa shape index (κ3) is 7.67. The molecule has 1 atom stereocenters. The first-order valence-electron chi connectivity index (χ1n) is 15.2. The molecule has 47 heavy (non-hydrogen) atoms. The van der Waals surface area contributed by atoms with Gasteiger partial charge in [0, 0.05) is 53.9 Å². The highest BCUT2D eigenvalue weighted by molar-refractivity contribution is 6.30. The maximum absolute atomic E-state index is 14.9. The number of aliphatic hydroxyl groups is 1. The van der Waals surface area contributed by atoms with Crippen molar-refractivity contribution in [1.29, 1.82) is 0 Å². The number of ether oxygens (including phenoxy) is 3. The number of carbonyl (C=O) groups is 1. The Bertz CT molecular complexity index is 1780. The van der Waals surface area contributed by atoms with Crippen LogP contribution >= 0.6 is 11.6 Å². The van der Waals surface area contributed by atoms with Crippen molar-refractivity contribution >= 4 is 34.2 Å². The van der Waals surface area contributed by atoms with E-state index in [4.69, 9.17) is 32.4 Å². The summed E-state index contributed by atoms with van der Waals surface area (Å²) >= 11 is 6.15. The molecule has 8 nitrogen and oxygen atoms in total. The number of alkyl halides is 3. The zero-order chi connectivity index (χ0) is 33.8. The van der Waals surface area contributed by atoms with Crippen molar-refractivity contribution in [2.75, 3.05) is 33.4 Å². The summed E-state index contributed by atoms with van der Waals surface area (Å²) in [6.07, 6.45) is -3.02. The van der Waals surface area contributed by atoms with E-state index in [-0.39, 0.29) is 61.4 Å². The molecule has 12 heteroatoms. The first-order chi connectivity index (χ1) is 22.4. The summed E-state index contributed by atoms with van der Waals surface area (Å²) in [5.41, 5.74) is -1.31. The summed E-state index contributed by atoms with van der Waals surface area (Å²) in [4.78, 5) is 16.9. The van der Waals surface area contributed by atoms with E-state index in [0.717, 1.165) is 5.56 Å². The van der Waals surface area contributed by atoms with Gasteiger partial charge in [0.05, 0.1) is 26.7 Å². The van der Waals surface area contributed by atoms with Gasteiger partial charge >= 0.3 is 12.1 Å². The maximum atomic E-state index is 14.9. The van der Waals surface area contributed by atoms with Crippen LogP contribution in [0, 0.1) is 6.57 Å². The van der Waals surface area contributed by atoms with E-state index in [1.165, 1.54) is 31.5 Å². The Morgan fingerprint density at radius 3 is 2.49 bits per heavy atom. The highest BCUT2D eigenvalue weighted by Crippen LogP contribution is 2.44. The lowest BCUT2D eigenvalue weighted by molar-refractivity contribution is -0.272. The highest BCUT2D eigenvalue weighted by Gasteiger charge is 2.57. The molecule has 0 bridgehead atoms. The first kappa shape index (κ1) is 34.1. The Morgan fingerprint density at radius 2 is 1.83 bits per heavy atom. The van der Waals surface area contributed by atoms with Crippen molar-refractivity contribution in [3.8, 4) is 11.5 Å². The number of benzene rings is 3. The summed E-state index contributed by atoms with van der Waals surface area (Å²) in [6.45, 7) is 9.49. The third-order valence-corrected chi connectivity index (χ3v) is 8.55. The van der Waals surface area contributed by atoms with Gasteiger partial charge in [-0.3, -0.25) is 9.69 Å². The molecule has 1 aromatic heterocycles. The number of piperidine rings is 1. The van der Waals surface area contributed by atoms with Crippen LogP contribution < -0.4 is 9.47 Å². The van der Waals surface area contributed by atoms with Crippen molar-refractivity contribution in [3.63, 3.8) is 0 Å². The van der Waals surface area contributed by atoms with Crippen LogP contribution in [0.4, 0.5) is 18.9 Å². The van der Waals surface area contributed by atoms with Gasteiger partial charge in [0.1, 0.15) is 6.10 Å². The van der Waals surface area contributed by atoms with E-state index in [0.29, 0.717) is 40.4 Å². The number of carbonyl (C=O) groups excluding carboxylic acids is 1. The Hall–Kier alpha value is -4.24. The number of β-amino-alcohol motifs (C(OH)–C–C–N with tert-alkyl or cyclic N) is 1. The predicted octanol–water partition coefficient (Wildman–Crippen LogP) is 7.30. The number of halogens is 4. The average molecular weight is 670 g/mol. The van der Waals surface area contributed by atoms with E-state index < -0.39 is 18.3 Å². The number of hydrogen-bond acceptors (Lipinski definition) is 6. The number of methoxy groups -OCH3 is 1. The number of esters is 1. The van der Waals surface area contributed by atoms with Crippen LogP contribution in [0.5, 0.6) is 11.5 Å². The minimum atomic E-state index is -4.99. The molecule has 0 radical (unpaired) electrons. The fraction of sp³-hybridized carbons (Fsp3) is 0.371. The number of rotatable bonds is 11. The standard InChI is InChI=1S/C35H35ClF3N3O5/c1-4-46-33(43)18-23-8-11-31(32(17-23)45-3)47-27-12-14-41(15-13-27)22-34(44,35(37,38)39)29-21-42(20-24-6-5-7-25(36)16-24)30-19-26(40-2)9-10-28(29)30/h5-11,16-17,19,21,27,44H,4,12-15,18,20,22H2,1,3H3. The van der Waals surface area contributed by atoms with Crippen LogP contribution in [0.25, 0.3) is 15.7 Å². The van der Waals surface area contributed by atoms with Crippen molar-refractivity contribution in [1.82, 2.24) is 9.47 Å². The lowest BCUT2D eigenvalue weighted by Crippen LogP contribution is -2.53. The molecule has 248 valence electrons. The zero-order valence-electron chi connectivity index (χ0n) is 26.0. The summed E-state index contributed by atoms with van der Waals surface area (Å²) in [6, 6.07) is 16.6. The molecule has 1 aliphatic heterocycles. The van der Waals surface area contributed by atoms with Gasteiger partial charge in [-0.05, 0) is 61.2 Å². The monoisotopic (exact) mass is 669 g/mol. The lowest BCUT2D eigenvalue weighted by atomic mass is 9.91. The van der Waals surface area contributed by atoms with Gasteiger partial charge in [-0.2, -0.15) is 13.2 Å². The van der Waals surface area contributed by atoms with Gasteiger partial charge in [0.2, 0.25) is 5.60 Å². The fourth-order valence-electron chi connectivity index (χ4n) is 5.96. The number of nitrogens with zero attached hydrogens (tertiary/aromatic N) is 3. The van der Waals surface area contributed by atoms with Crippen molar-refractivity contribution < 1.29 is 37.3 Å². The molecule has 1 N–H and O–H groups in total. The number of hydrogen-bond donors (Lipinski definition) is 1. The van der Waals surface area contributed by atoms with E-state index in [9.17, 15) is 23.1 Å². The normalized spacial score (nSPS) is 15.6. The summed E-state index contributed by atoms with van der Waals surface area (Å²) in [7, 11) is 1.49. The topological polar surface area (TPSA) is 77.5 Å². The van der Waals surface area contributed by atoms with Gasteiger partial charge in [-0.1, -0.05) is 41.9 Å². The van der Waals surface area contributed by atoms with Crippen molar-refractivity contribution in [2.45, 2.75) is 50.6 Å². The molecule has 0 amide bonds. The van der Waals surface area contributed by atoms with Gasteiger partial charge in [0.25, 0.3) is 0 Å². The second kappa shape index (κ2) is 14.3. The van der Waals surface area contributed by atoms with Crippen molar-refractivity contribution in [2.24, 2.45) is 0 Å². The van der Waals surface area contributed by atoms with E-state index in [1.807, 2.05) is 6.07 Å². The molecular formula is C35H35ClF3N3O5. The highest BCUT2D eigenvalue weighted by atomic mass is 35.5. The minimum Gasteiger partial charge on any atom is -0.493 e. The molecule has 1 saturated heterocycles. The Labute approximate surface area is 276 Å². The largest absolute Gasteiger partial charge is 0.493 e. The first-order valence-corrected chi connectivity index (χ1v) is 15.6. The number of likely N-dealkylation sites (tertiary alicyclic amines) is 1. The summed E-state index contributed by atoms with van der Waals surface area (Å²) < 4.78 is 62.9. The molecule has 2 heterocycles. The molecule has 5 rings (SSSR count). The van der Waals surface area contributed by atoms with E-state index in [1.54, 1.807) is 52.8 Å². The molecule has 0 aliphatic carbocycles. The number of aromatic nitrogens is 1. The Balaban J connectivity index is 1.34. The molecule has 3 aromatic carbocycles. The molecule has 1 unspecified atom stereocenters. The maximum Gasteiger partial charge on any atom is 0.422 e. The van der Waals surface area contributed by atoms with Gasteiger partial charge in [0.15, 0.2) is 17.2 Å². The summed E-state index contributed by atoms with van der Waals surface area (Å²) in [5, 5.41) is 12.3. The Kier molecular flexibility index (Phi) is 10.3. The molecule has 0 spiro atoms. The third-order valence-electron chi connectivity index (χ3n) is 8.31. The lowest BCUT2D eigenvalue weighted by Gasteiger charge is -2.39. The van der Waals surface area contributed by atoms with Crippen LogP contribution in [0.2, 0.25) is 5.02 Å². The van der Waals surface area contributed by atoms with Gasteiger partial charge in [-0.25, -0.2) is 4.85 Å². The quantitative estimate of drug-likeness (QED) is 0.133.